The SMILES string of the molecule is CC(C)O[C@H]1C[C@]2(C)O[C@@]1(C)[C@H]1C(=O)N(c3ccc(C#N)c(C(F)(F)F)c3)C(=O)[C@H]12. The molecule has 3 heterocycles. The van der Waals surface area contributed by atoms with E-state index in [0.717, 1.165) is 11.0 Å². The molecule has 9 heteroatoms. The van der Waals surface area contributed by atoms with Gasteiger partial charge in [-0.25, -0.2) is 4.90 Å². The molecule has 3 fully saturated rings. The zero-order valence-electron chi connectivity index (χ0n) is 16.9. The van der Waals surface area contributed by atoms with E-state index in [1.54, 1.807) is 13.8 Å². The summed E-state index contributed by atoms with van der Waals surface area (Å²) in [5, 5.41) is 8.99. The van der Waals surface area contributed by atoms with Gasteiger partial charge in [-0.05, 0) is 45.9 Å². The molecule has 0 aliphatic carbocycles. The van der Waals surface area contributed by atoms with Gasteiger partial charge < -0.3 is 9.47 Å². The lowest BCUT2D eigenvalue weighted by molar-refractivity contribution is -0.140. The minimum Gasteiger partial charge on any atom is -0.372 e. The molecule has 0 saturated carbocycles. The molecular weight excluding hydrogens is 401 g/mol. The van der Waals surface area contributed by atoms with Crippen LogP contribution in [0.5, 0.6) is 0 Å². The van der Waals surface area contributed by atoms with Crippen LogP contribution in [-0.2, 0) is 25.2 Å². The Morgan fingerprint density at radius 1 is 1.23 bits per heavy atom. The lowest BCUT2D eigenvalue weighted by Crippen LogP contribution is -2.50. The summed E-state index contributed by atoms with van der Waals surface area (Å²) < 4.78 is 52.2. The highest BCUT2D eigenvalue weighted by molar-refractivity contribution is 6.23. The van der Waals surface area contributed by atoms with Gasteiger partial charge in [0.05, 0.1) is 52.5 Å². The maximum Gasteiger partial charge on any atom is 0.417 e. The monoisotopic (exact) mass is 422 g/mol. The molecule has 1 aromatic carbocycles. The molecule has 1 aromatic rings. The maximum absolute atomic E-state index is 13.4. The van der Waals surface area contributed by atoms with Crippen molar-refractivity contribution in [2.45, 2.75) is 63.7 Å². The van der Waals surface area contributed by atoms with Crippen LogP contribution in [0, 0.1) is 23.2 Å². The maximum atomic E-state index is 13.4. The molecule has 3 saturated heterocycles. The molecule has 0 N–H and O–H groups in total. The van der Waals surface area contributed by atoms with Crippen LogP contribution in [0.2, 0.25) is 0 Å². The summed E-state index contributed by atoms with van der Waals surface area (Å²) in [7, 11) is 0. The first kappa shape index (κ1) is 20.8. The summed E-state index contributed by atoms with van der Waals surface area (Å²) in [6, 6.07) is 4.36. The molecule has 2 bridgehead atoms. The molecule has 160 valence electrons. The summed E-state index contributed by atoms with van der Waals surface area (Å²) in [5.74, 6) is -2.84. The van der Waals surface area contributed by atoms with E-state index in [1.165, 1.54) is 12.1 Å². The van der Waals surface area contributed by atoms with E-state index in [0.29, 0.717) is 12.5 Å². The van der Waals surface area contributed by atoms with Crippen molar-refractivity contribution >= 4 is 17.5 Å². The van der Waals surface area contributed by atoms with Gasteiger partial charge in [0.15, 0.2) is 0 Å². The summed E-state index contributed by atoms with van der Waals surface area (Å²) in [4.78, 5) is 27.3. The first-order valence-corrected chi connectivity index (χ1v) is 9.68. The number of ether oxygens (including phenoxy) is 2. The highest BCUT2D eigenvalue weighted by Crippen LogP contribution is 2.62. The topological polar surface area (TPSA) is 79.6 Å². The van der Waals surface area contributed by atoms with Crippen molar-refractivity contribution in [3.63, 3.8) is 0 Å². The van der Waals surface area contributed by atoms with Gasteiger partial charge >= 0.3 is 6.18 Å². The van der Waals surface area contributed by atoms with E-state index in [1.807, 2.05) is 13.8 Å². The third kappa shape index (κ3) is 2.70. The van der Waals surface area contributed by atoms with Gasteiger partial charge in [0, 0.05) is 6.42 Å². The highest BCUT2D eigenvalue weighted by atomic mass is 19.4. The Labute approximate surface area is 171 Å². The predicted molar refractivity (Wildman–Crippen MR) is 98.2 cm³/mol. The smallest absolute Gasteiger partial charge is 0.372 e. The normalized spacial score (nSPS) is 35.3. The molecule has 4 rings (SSSR count). The van der Waals surface area contributed by atoms with Crippen molar-refractivity contribution in [2.24, 2.45) is 11.8 Å². The van der Waals surface area contributed by atoms with E-state index in [4.69, 9.17) is 14.7 Å². The van der Waals surface area contributed by atoms with Gasteiger partial charge in [0.1, 0.15) is 5.60 Å². The average molecular weight is 422 g/mol. The minimum absolute atomic E-state index is 0.118. The van der Waals surface area contributed by atoms with Crippen LogP contribution >= 0.6 is 0 Å². The number of hydrogen-bond donors (Lipinski definition) is 0. The van der Waals surface area contributed by atoms with Crippen LogP contribution in [0.15, 0.2) is 18.2 Å². The number of imide groups is 1. The number of fused-ring (bicyclic) bond motifs is 5. The molecule has 0 spiro atoms. The molecule has 30 heavy (non-hydrogen) atoms. The molecule has 5 atom stereocenters. The van der Waals surface area contributed by atoms with Gasteiger partial charge in [-0.3, -0.25) is 9.59 Å². The fraction of sp³-hybridized carbons (Fsp3) is 0.571. The van der Waals surface area contributed by atoms with E-state index in [2.05, 4.69) is 0 Å². The van der Waals surface area contributed by atoms with Crippen molar-refractivity contribution in [2.75, 3.05) is 4.90 Å². The number of carbonyl (C=O) groups excluding carboxylic acids is 2. The molecule has 2 amide bonds. The zero-order valence-corrected chi connectivity index (χ0v) is 16.9. The molecule has 3 aliphatic rings. The Morgan fingerprint density at radius 2 is 1.87 bits per heavy atom. The first-order chi connectivity index (χ1) is 13.8. The fourth-order valence-electron chi connectivity index (χ4n) is 5.27. The number of rotatable bonds is 3. The van der Waals surface area contributed by atoms with E-state index >= 15 is 0 Å². The third-order valence-electron chi connectivity index (χ3n) is 6.39. The van der Waals surface area contributed by atoms with E-state index in [9.17, 15) is 22.8 Å². The van der Waals surface area contributed by atoms with Gasteiger partial charge in [-0.15, -0.1) is 0 Å². The molecule has 0 radical (unpaired) electrons. The molecule has 6 nitrogen and oxygen atoms in total. The summed E-state index contributed by atoms with van der Waals surface area (Å²) >= 11 is 0. The van der Waals surface area contributed by atoms with Crippen molar-refractivity contribution in [3.8, 4) is 6.07 Å². The van der Waals surface area contributed by atoms with Gasteiger partial charge in [-0.1, -0.05) is 0 Å². The number of hydrogen-bond acceptors (Lipinski definition) is 5. The fourth-order valence-corrected chi connectivity index (χ4v) is 5.27. The second-order valence-electron chi connectivity index (χ2n) is 8.78. The van der Waals surface area contributed by atoms with Crippen molar-refractivity contribution in [1.82, 2.24) is 0 Å². The molecule has 3 aliphatic heterocycles. The Bertz CT molecular complexity index is 985. The average Bonchev–Trinajstić information content (AvgIpc) is 3.14. The zero-order chi connectivity index (χ0) is 22.2. The number of nitrogens with zero attached hydrogens (tertiary/aromatic N) is 2. The van der Waals surface area contributed by atoms with Crippen molar-refractivity contribution < 1.29 is 32.2 Å². The summed E-state index contributed by atoms with van der Waals surface area (Å²) in [5.41, 5.74) is -3.94. The first-order valence-electron chi connectivity index (χ1n) is 9.68. The molecular formula is C21H21F3N2O4. The Balaban J connectivity index is 1.76. The quantitative estimate of drug-likeness (QED) is 0.698. The lowest BCUT2D eigenvalue weighted by Gasteiger charge is -2.36. The van der Waals surface area contributed by atoms with E-state index in [-0.39, 0.29) is 11.8 Å². The number of amides is 2. The standard InChI is InChI=1S/C21H21F3N2O4/c1-10(2)29-14-8-19(3)15-16(20(14,4)30-19)18(28)26(17(15)27)12-6-5-11(9-25)13(7-12)21(22,23)24/h5-7,10,14-16H,8H2,1-4H3/t14-,15-,16+,19-,20+/m0/s1. The van der Waals surface area contributed by atoms with Gasteiger partial charge in [0.2, 0.25) is 11.8 Å². The van der Waals surface area contributed by atoms with Crippen LogP contribution in [0.25, 0.3) is 0 Å². The van der Waals surface area contributed by atoms with Crippen molar-refractivity contribution in [1.29, 1.82) is 5.26 Å². The van der Waals surface area contributed by atoms with Gasteiger partial charge in [0.25, 0.3) is 0 Å². The second kappa shape index (κ2) is 6.28. The predicted octanol–water partition coefficient (Wildman–Crippen LogP) is 3.43. The third-order valence-corrected chi connectivity index (χ3v) is 6.39. The largest absolute Gasteiger partial charge is 0.417 e. The van der Waals surface area contributed by atoms with E-state index < -0.39 is 58.3 Å². The van der Waals surface area contributed by atoms with Crippen LogP contribution in [-0.4, -0.2) is 35.2 Å². The number of nitriles is 1. The highest BCUT2D eigenvalue weighted by Gasteiger charge is 2.76. The Morgan fingerprint density at radius 3 is 2.43 bits per heavy atom. The van der Waals surface area contributed by atoms with Crippen LogP contribution in [0.4, 0.5) is 18.9 Å². The van der Waals surface area contributed by atoms with Crippen LogP contribution < -0.4 is 4.90 Å². The van der Waals surface area contributed by atoms with Gasteiger partial charge in [-0.2, -0.15) is 18.4 Å². The number of halogens is 3. The molecule has 0 unspecified atom stereocenters. The summed E-state index contributed by atoms with van der Waals surface area (Å²) in [6.45, 7) is 7.19. The lowest BCUT2D eigenvalue weighted by atomic mass is 9.67. The van der Waals surface area contributed by atoms with Crippen molar-refractivity contribution in [3.05, 3.63) is 29.3 Å². The minimum atomic E-state index is -4.79. The number of carbonyl (C=O) groups is 2. The number of alkyl halides is 3. The molecule has 0 aromatic heterocycles. The van der Waals surface area contributed by atoms with Crippen LogP contribution in [0.1, 0.15) is 45.2 Å². The van der Waals surface area contributed by atoms with Crippen LogP contribution in [0.3, 0.4) is 0 Å². The Kier molecular flexibility index (Phi) is 4.36. The summed E-state index contributed by atoms with van der Waals surface area (Å²) in [6.07, 6.45) is -4.91. The Hall–Kier alpha value is -2.44. The second-order valence-corrected chi connectivity index (χ2v) is 8.78. The number of anilines is 1. The number of benzene rings is 1.